The Morgan fingerprint density at radius 2 is 1.86 bits per heavy atom. The summed E-state index contributed by atoms with van der Waals surface area (Å²) in [6, 6.07) is 5.83. The van der Waals surface area contributed by atoms with Crippen molar-refractivity contribution in [2.75, 3.05) is 14.2 Å². The molecule has 6 heteroatoms. The summed E-state index contributed by atoms with van der Waals surface area (Å²) in [5.74, 6) is 1.39. The molecule has 0 aliphatic carbocycles. The molecule has 0 radical (unpaired) electrons. The average molecular weight is 321 g/mol. The summed E-state index contributed by atoms with van der Waals surface area (Å²) in [6.07, 6.45) is 1.49. The van der Waals surface area contributed by atoms with E-state index >= 15 is 0 Å². The quantitative estimate of drug-likeness (QED) is 0.673. The lowest BCUT2D eigenvalue weighted by Crippen LogP contribution is -1.91. The summed E-state index contributed by atoms with van der Waals surface area (Å²) in [5.41, 5.74) is 2.94. The number of halogens is 1. The number of benzene rings is 1. The number of fused-ring (bicyclic) bond motifs is 1. The molecule has 0 spiro atoms. The first kappa shape index (κ1) is 14.1. The summed E-state index contributed by atoms with van der Waals surface area (Å²) in [7, 11) is 3.25. The molecule has 0 atom stereocenters. The van der Waals surface area contributed by atoms with Crippen molar-refractivity contribution < 1.29 is 9.47 Å². The van der Waals surface area contributed by atoms with Crippen molar-refractivity contribution in [1.82, 2.24) is 9.97 Å². The van der Waals surface area contributed by atoms with Gasteiger partial charge in [0.15, 0.2) is 11.5 Å². The number of hydrogen-bond acceptors (Lipinski definition) is 5. The highest BCUT2D eigenvalue weighted by Gasteiger charge is 2.16. The van der Waals surface area contributed by atoms with Crippen LogP contribution < -0.4 is 9.47 Å². The van der Waals surface area contributed by atoms with Gasteiger partial charge in [0.1, 0.15) is 11.5 Å². The third kappa shape index (κ3) is 2.32. The standard InChI is InChI=1S/C15H13ClN2O2S/c1-8-12(13-14(21-8)15(16)18-7-17-13)9-4-5-10(19-2)11(6-9)20-3/h4-7H,1-3H3. The van der Waals surface area contributed by atoms with Crippen LogP contribution in [0.1, 0.15) is 4.88 Å². The molecule has 0 aliphatic rings. The third-order valence-corrected chi connectivity index (χ3v) is 4.78. The van der Waals surface area contributed by atoms with Crippen LogP contribution in [0.15, 0.2) is 24.5 Å². The van der Waals surface area contributed by atoms with Gasteiger partial charge in [0, 0.05) is 10.4 Å². The maximum atomic E-state index is 6.15. The van der Waals surface area contributed by atoms with Gasteiger partial charge in [-0.2, -0.15) is 0 Å². The first-order valence-corrected chi connectivity index (χ1v) is 7.47. The van der Waals surface area contributed by atoms with Crippen molar-refractivity contribution in [3.63, 3.8) is 0 Å². The zero-order valence-corrected chi connectivity index (χ0v) is 13.4. The second-order valence-corrected chi connectivity index (χ2v) is 6.03. The SMILES string of the molecule is COc1ccc(-c2c(C)sc3c(Cl)ncnc23)cc1OC. The lowest BCUT2D eigenvalue weighted by atomic mass is 10.0. The molecule has 3 aromatic rings. The Labute approximate surface area is 131 Å². The van der Waals surface area contributed by atoms with Crippen molar-refractivity contribution in [2.45, 2.75) is 6.92 Å². The Morgan fingerprint density at radius 3 is 2.57 bits per heavy atom. The number of hydrogen-bond donors (Lipinski definition) is 0. The predicted octanol–water partition coefficient (Wildman–Crippen LogP) is 4.34. The molecule has 0 amide bonds. The molecule has 2 heterocycles. The molecule has 0 unspecified atom stereocenters. The fourth-order valence-electron chi connectivity index (χ4n) is 2.32. The average Bonchev–Trinajstić information content (AvgIpc) is 2.84. The van der Waals surface area contributed by atoms with Gasteiger partial charge < -0.3 is 9.47 Å². The molecule has 108 valence electrons. The van der Waals surface area contributed by atoms with E-state index in [2.05, 4.69) is 16.9 Å². The second kappa shape index (κ2) is 5.50. The minimum atomic E-state index is 0.486. The largest absolute Gasteiger partial charge is 0.493 e. The topological polar surface area (TPSA) is 44.2 Å². The second-order valence-electron chi connectivity index (χ2n) is 4.45. The van der Waals surface area contributed by atoms with Gasteiger partial charge in [-0.15, -0.1) is 11.3 Å². The van der Waals surface area contributed by atoms with Gasteiger partial charge in [0.25, 0.3) is 0 Å². The molecular weight excluding hydrogens is 308 g/mol. The van der Waals surface area contributed by atoms with Gasteiger partial charge in [-0.1, -0.05) is 17.7 Å². The number of rotatable bonds is 3. The molecule has 0 bridgehead atoms. The molecule has 21 heavy (non-hydrogen) atoms. The Kier molecular flexibility index (Phi) is 3.69. The van der Waals surface area contributed by atoms with E-state index < -0.39 is 0 Å². The summed E-state index contributed by atoms with van der Waals surface area (Å²) in [6.45, 7) is 2.05. The first-order chi connectivity index (χ1) is 10.2. The van der Waals surface area contributed by atoms with Gasteiger partial charge in [0.2, 0.25) is 0 Å². The van der Waals surface area contributed by atoms with Crippen molar-refractivity contribution in [3.05, 3.63) is 34.6 Å². The lowest BCUT2D eigenvalue weighted by Gasteiger charge is -2.09. The Morgan fingerprint density at radius 1 is 1.10 bits per heavy atom. The summed E-state index contributed by atoms with van der Waals surface area (Å²) >= 11 is 7.75. The van der Waals surface area contributed by atoms with E-state index in [0.29, 0.717) is 16.7 Å². The van der Waals surface area contributed by atoms with Gasteiger partial charge in [0.05, 0.1) is 24.4 Å². The minimum absolute atomic E-state index is 0.486. The normalized spacial score (nSPS) is 10.9. The predicted molar refractivity (Wildman–Crippen MR) is 85.7 cm³/mol. The summed E-state index contributed by atoms with van der Waals surface area (Å²) in [5, 5.41) is 0.486. The van der Waals surface area contributed by atoms with Crippen molar-refractivity contribution >= 4 is 33.2 Å². The number of ether oxygens (including phenoxy) is 2. The van der Waals surface area contributed by atoms with Crippen molar-refractivity contribution in [3.8, 4) is 22.6 Å². The smallest absolute Gasteiger partial charge is 0.161 e. The highest BCUT2D eigenvalue weighted by atomic mass is 35.5. The molecule has 0 saturated heterocycles. The maximum Gasteiger partial charge on any atom is 0.161 e. The van der Waals surface area contributed by atoms with Crippen LogP contribution >= 0.6 is 22.9 Å². The Bertz CT molecular complexity index is 817. The monoisotopic (exact) mass is 320 g/mol. The third-order valence-electron chi connectivity index (χ3n) is 3.28. The molecule has 3 rings (SSSR count). The van der Waals surface area contributed by atoms with E-state index in [1.165, 1.54) is 6.33 Å². The number of nitrogens with zero attached hydrogens (tertiary/aromatic N) is 2. The minimum Gasteiger partial charge on any atom is -0.493 e. The molecule has 1 aromatic carbocycles. The van der Waals surface area contributed by atoms with Crippen molar-refractivity contribution in [1.29, 1.82) is 0 Å². The number of aryl methyl sites for hydroxylation is 1. The Hall–Kier alpha value is -1.85. The van der Waals surface area contributed by atoms with Crippen LogP contribution in [0.25, 0.3) is 21.3 Å². The zero-order chi connectivity index (χ0) is 15.0. The van der Waals surface area contributed by atoms with Crippen LogP contribution in [0.3, 0.4) is 0 Å². The van der Waals surface area contributed by atoms with E-state index in [1.807, 2.05) is 18.2 Å². The van der Waals surface area contributed by atoms with Crippen LogP contribution in [0.4, 0.5) is 0 Å². The molecule has 0 aliphatic heterocycles. The summed E-state index contributed by atoms with van der Waals surface area (Å²) in [4.78, 5) is 9.56. The fraction of sp³-hybridized carbons (Fsp3) is 0.200. The van der Waals surface area contributed by atoms with E-state index in [0.717, 1.165) is 26.2 Å². The van der Waals surface area contributed by atoms with Gasteiger partial charge in [-0.3, -0.25) is 0 Å². The highest BCUT2D eigenvalue weighted by Crippen LogP contribution is 2.41. The molecule has 2 aromatic heterocycles. The van der Waals surface area contributed by atoms with Crippen LogP contribution in [0.2, 0.25) is 5.15 Å². The Balaban J connectivity index is 2.25. The number of aromatic nitrogens is 2. The van der Waals surface area contributed by atoms with Gasteiger partial charge in [-0.05, 0) is 24.6 Å². The maximum absolute atomic E-state index is 6.15. The van der Waals surface area contributed by atoms with Crippen LogP contribution in [0.5, 0.6) is 11.5 Å². The van der Waals surface area contributed by atoms with Crippen LogP contribution in [-0.4, -0.2) is 24.2 Å². The molecule has 0 fully saturated rings. The van der Waals surface area contributed by atoms with Gasteiger partial charge >= 0.3 is 0 Å². The number of methoxy groups -OCH3 is 2. The molecular formula is C15H13ClN2O2S. The molecule has 0 N–H and O–H groups in total. The van der Waals surface area contributed by atoms with E-state index in [1.54, 1.807) is 25.6 Å². The fourth-order valence-corrected chi connectivity index (χ4v) is 3.58. The van der Waals surface area contributed by atoms with Crippen molar-refractivity contribution in [2.24, 2.45) is 0 Å². The highest BCUT2D eigenvalue weighted by molar-refractivity contribution is 7.20. The summed E-state index contributed by atoms with van der Waals surface area (Å²) < 4.78 is 11.6. The molecule has 0 saturated carbocycles. The lowest BCUT2D eigenvalue weighted by molar-refractivity contribution is 0.355. The van der Waals surface area contributed by atoms with E-state index in [4.69, 9.17) is 21.1 Å². The first-order valence-electron chi connectivity index (χ1n) is 6.27. The zero-order valence-electron chi connectivity index (χ0n) is 11.8. The van der Waals surface area contributed by atoms with Crippen LogP contribution in [0, 0.1) is 6.92 Å². The van der Waals surface area contributed by atoms with E-state index in [-0.39, 0.29) is 0 Å². The van der Waals surface area contributed by atoms with Gasteiger partial charge in [-0.25, -0.2) is 9.97 Å². The number of thiophene rings is 1. The van der Waals surface area contributed by atoms with E-state index in [9.17, 15) is 0 Å². The van der Waals surface area contributed by atoms with Crippen LogP contribution in [-0.2, 0) is 0 Å². The molecule has 4 nitrogen and oxygen atoms in total.